The summed E-state index contributed by atoms with van der Waals surface area (Å²) < 4.78 is 92.6. The predicted octanol–water partition coefficient (Wildman–Crippen LogP) is 4.63. The highest BCUT2D eigenvalue weighted by Crippen LogP contribution is 2.61. The minimum Gasteiger partial charge on any atom is -0.465 e. The van der Waals surface area contributed by atoms with Crippen molar-refractivity contribution in [3.8, 4) is 5.88 Å². The molecule has 0 radical (unpaired) electrons. The first kappa shape index (κ1) is 31.8. The fourth-order valence-electron chi connectivity index (χ4n) is 5.90. The lowest BCUT2D eigenvalue weighted by atomic mass is 9.95. The molecule has 3 fully saturated rings. The molecule has 1 N–H and O–H groups in total. The van der Waals surface area contributed by atoms with Gasteiger partial charge in [0.25, 0.3) is 5.92 Å². The van der Waals surface area contributed by atoms with Crippen LogP contribution < -0.4 is 19.3 Å². The van der Waals surface area contributed by atoms with Gasteiger partial charge in [0.1, 0.15) is 5.82 Å². The second kappa shape index (κ2) is 12.1. The fraction of sp³-hybridized carbons (Fsp3) is 0.552. The van der Waals surface area contributed by atoms with E-state index in [9.17, 15) is 35.6 Å². The van der Waals surface area contributed by atoms with E-state index in [-0.39, 0.29) is 80.8 Å². The molecule has 0 amide bonds. The third-order valence-electron chi connectivity index (χ3n) is 8.40. The summed E-state index contributed by atoms with van der Waals surface area (Å²) in [7, 11) is -4.16. The number of fused-ring (bicyclic) bond motifs is 1. The quantitative estimate of drug-likeness (QED) is 0.292. The number of hydrogen-bond acceptors (Lipinski definition) is 9. The predicted molar refractivity (Wildman–Crippen MR) is 154 cm³/mol. The van der Waals surface area contributed by atoms with Gasteiger partial charge in [-0.2, -0.15) is 4.98 Å². The number of nitrogens with one attached hydrogen (secondary N) is 1. The van der Waals surface area contributed by atoms with E-state index in [1.165, 1.54) is 24.3 Å². The number of benzene rings is 1. The number of aromatic nitrogens is 1. The Labute approximate surface area is 252 Å². The molecule has 240 valence electrons. The van der Waals surface area contributed by atoms with E-state index in [4.69, 9.17) is 9.47 Å². The maximum absolute atomic E-state index is 13.7. The number of nitrogens with zero attached hydrogens (tertiary/aromatic N) is 3. The number of aryl methyl sites for hydroxylation is 1. The molecule has 1 aliphatic carbocycles. The third-order valence-corrected chi connectivity index (χ3v) is 9.56. The summed E-state index contributed by atoms with van der Waals surface area (Å²) in [6, 6.07) is 7.32. The number of ether oxygens (including phenoxy) is 2. The zero-order valence-corrected chi connectivity index (χ0v) is 25.1. The van der Waals surface area contributed by atoms with Crippen LogP contribution in [0.4, 0.5) is 34.8 Å². The molecule has 2 atom stereocenters. The van der Waals surface area contributed by atoms with E-state index in [1.54, 1.807) is 29.7 Å². The van der Waals surface area contributed by atoms with Crippen molar-refractivity contribution in [2.75, 3.05) is 53.1 Å². The van der Waals surface area contributed by atoms with Crippen LogP contribution in [-0.2, 0) is 19.6 Å². The smallest absolute Gasteiger partial charge is 0.346 e. The van der Waals surface area contributed by atoms with Crippen molar-refractivity contribution in [2.45, 2.75) is 51.9 Å². The Morgan fingerprint density at radius 3 is 2.45 bits per heavy atom. The topological polar surface area (TPSA) is 118 Å². The zero-order valence-electron chi connectivity index (χ0n) is 24.3. The average molecular weight is 643 g/mol. The number of rotatable bonds is 10. The van der Waals surface area contributed by atoms with Crippen LogP contribution in [0.3, 0.4) is 0 Å². The van der Waals surface area contributed by atoms with Crippen molar-refractivity contribution in [1.82, 2.24) is 4.98 Å². The van der Waals surface area contributed by atoms with Crippen LogP contribution >= 0.6 is 0 Å². The minimum atomic E-state index is -4.16. The number of esters is 2. The Kier molecular flexibility index (Phi) is 8.71. The fourth-order valence-corrected chi connectivity index (χ4v) is 6.85. The van der Waals surface area contributed by atoms with Gasteiger partial charge in [-0.05, 0) is 62.4 Å². The molecule has 1 saturated carbocycles. The molecule has 5 rings (SSSR count). The Hall–Kier alpha value is -3.62. The van der Waals surface area contributed by atoms with E-state index in [1.807, 2.05) is 0 Å². The standard InChI is InChI=1S/C29H34F4N4O6S/c1-3-42-25(38)17-44(40,41)35-20-4-5-21(22(14-20)37-9-6-28(27(30)31)15-19(28)16-37)26(39)43-24-13-18(2)12-23(34-24)36-10-7-29(32,33)8-11-36/h4-5,12-14,19,27,35H,3,6-11,15-17H2,1-2H3/t19-,28+/m0/s1. The molecule has 2 aromatic rings. The average Bonchev–Trinajstić information content (AvgIpc) is 3.68. The zero-order chi connectivity index (χ0) is 31.9. The van der Waals surface area contributed by atoms with Crippen LogP contribution in [0.1, 0.15) is 48.5 Å². The van der Waals surface area contributed by atoms with Crippen molar-refractivity contribution < 1.29 is 45.0 Å². The Balaban J connectivity index is 1.40. The first-order chi connectivity index (χ1) is 20.7. The van der Waals surface area contributed by atoms with E-state index < -0.39 is 45.5 Å². The number of halogens is 4. The van der Waals surface area contributed by atoms with Crippen LogP contribution in [0.15, 0.2) is 30.3 Å². The Morgan fingerprint density at radius 1 is 1.09 bits per heavy atom. The molecule has 1 aromatic heterocycles. The summed E-state index contributed by atoms with van der Waals surface area (Å²) in [6.45, 7) is 3.92. The van der Waals surface area contributed by atoms with Crippen molar-refractivity contribution in [3.63, 3.8) is 0 Å². The highest BCUT2D eigenvalue weighted by molar-refractivity contribution is 7.93. The largest absolute Gasteiger partial charge is 0.465 e. The Bertz CT molecular complexity index is 1530. The number of anilines is 3. The van der Waals surface area contributed by atoms with Gasteiger partial charge in [-0.3, -0.25) is 9.52 Å². The van der Waals surface area contributed by atoms with Gasteiger partial charge in [0.05, 0.1) is 23.5 Å². The highest BCUT2D eigenvalue weighted by atomic mass is 32.2. The molecule has 1 aromatic carbocycles. The summed E-state index contributed by atoms with van der Waals surface area (Å²) in [5.41, 5.74) is 0.0179. The maximum atomic E-state index is 13.7. The SMILES string of the molecule is CCOC(=O)CS(=O)(=O)Nc1ccc(C(=O)Oc2cc(C)cc(N3CCC(F)(F)CC3)n2)c(N2CC[C@@]3(C(F)F)C[C@H]3C2)c1. The molecule has 0 unspecified atom stereocenters. The summed E-state index contributed by atoms with van der Waals surface area (Å²) in [4.78, 5) is 33.1. The van der Waals surface area contributed by atoms with Gasteiger partial charge >= 0.3 is 11.9 Å². The number of sulfonamides is 1. The number of carbonyl (C=O) groups excluding carboxylic acids is 2. The molecule has 3 aliphatic rings. The van der Waals surface area contributed by atoms with Gasteiger partial charge in [-0.15, -0.1) is 0 Å². The first-order valence-corrected chi connectivity index (χ1v) is 16.0. The molecular formula is C29H34F4N4O6S. The minimum absolute atomic E-state index is 0.0107. The molecule has 2 aliphatic heterocycles. The van der Waals surface area contributed by atoms with Gasteiger partial charge in [0, 0.05) is 50.5 Å². The number of alkyl halides is 4. The van der Waals surface area contributed by atoms with Crippen LogP contribution in [-0.4, -0.2) is 76.2 Å². The molecule has 2 saturated heterocycles. The maximum Gasteiger partial charge on any atom is 0.346 e. The van der Waals surface area contributed by atoms with Gasteiger partial charge in [-0.25, -0.2) is 30.8 Å². The van der Waals surface area contributed by atoms with E-state index in [0.717, 1.165) is 0 Å². The van der Waals surface area contributed by atoms with Crippen LogP contribution in [0, 0.1) is 18.3 Å². The molecule has 10 nitrogen and oxygen atoms in total. The summed E-state index contributed by atoms with van der Waals surface area (Å²) >= 11 is 0. The molecule has 44 heavy (non-hydrogen) atoms. The number of pyridine rings is 1. The summed E-state index contributed by atoms with van der Waals surface area (Å²) in [5.74, 6) is -5.36. The lowest BCUT2D eigenvalue weighted by Gasteiger charge is -2.34. The molecular weight excluding hydrogens is 608 g/mol. The second-order valence-corrected chi connectivity index (χ2v) is 13.3. The van der Waals surface area contributed by atoms with Crippen LogP contribution in [0.5, 0.6) is 5.88 Å². The lowest BCUT2D eigenvalue weighted by Crippen LogP contribution is -2.39. The van der Waals surface area contributed by atoms with Crippen molar-refractivity contribution >= 4 is 39.2 Å². The van der Waals surface area contributed by atoms with Crippen LogP contribution in [0.25, 0.3) is 0 Å². The number of hydrogen-bond donors (Lipinski definition) is 1. The van der Waals surface area contributed by atoms with Crippen molar-refractivity contribution in [2.24, 2.45) is 11.3 Å². The van der Waals surface area contributed by atoms with Crippen LogP contribution in [0.2, 0.25) is 0 Å². The van der Waals surface area contributed by atoms with Gasteiger partial charge in [0.2, 0.25) is 22.3 Å². The first-order valence-electron chi connectivity index (χ1n) is 14.4. The van der Waals surface area contributed by atoms with E-state index in [0.29, 0.717) is 17.8 Å². The molecule has 3 heterocycles. The number of piperidine rings is 2. The van der Waals surface area contributed by atoms with Gasteiger partial charge in [0.15, 0.2) is 5.75 Å². The Morgan fingerprint density at radius 2 is 1.80 bits per heavy atom. The lowest BCUT2D eigenvalue weighted by molar-refractivity contribution is -0.139. The summed E-state index contributed by atoms with van der Waals surface area (Å²) in [6.07, 6.45) is -2.56. The van der Waals surface area contributed by atoms with Gasteiger partial charge in [-0.1, -0.05) is 0 Å². The molecule has 15 heteroatoms. The summed E-state index contributed by atoms with van der Waals surface area (Å²) in [5, 5.41) is 0. The highest BCUT2D eigenvalue weighted by Gasteiger charge is 2.62. The monoisotopic (exact) mass is 642 g/mol. The third kappa shape index (κ3) is 7.02. The van der Waals surface area contributed by atoms with E-state index in [2.05, 4.69) is 9.71 Å². The number of carbonyl (C=O) groups is 2. The molecule has 0 spiro atoms. The normalized spacial score (nSPS) is 22.8. The van der Waals surface area contributed by atoms with Crippen molar-refractivity contribution in [3.05, 3.63) is 41.5 Å². The van der Waals surface area contributed by atoms with Gasteiger partial charge < -0.3 is 19.3 Å². The second-order valence-electron chi connectivity index (χ2n) is 11.6. The van der Waals surface area contributed by atoms with E-state index >= 15 is 0 Å². The van der Waals surface area contributed by atoms with Crippen molar-refractivity contribution in [1.29, 1.82) is 0 Å². The molecule has 0 bridgehead atoms.